The average Bonchev–Trinajstić information content (AvgIpc) is 2.63. The third kappa shape index (κ3) is 4.08. The van der Waals surface area contributed by atoms with E-state index >= 15 is 0 Å². The second-order valence-corrected chi connectivity index (χ2v) is 6.54. The van der Waals surface area contributed by atoms with Gasteiger partial charge in [-0.1, -0.05) is 30.3 Å². The van der Waals surface area contributed by atoms with E-state index in [2.05, 4.69) is 22.2 Å². The zero-order valence-electron chi connectivity index (χ0n) is 13.8. The third-order valence-corrected chi connectivity index (χ3v) is 4.78. The number of anilines is 2. The summed E-state index contributed by atoms with van der Waals surface area (Å²) in [5.41, 5.74) is 2.75. The van der Waals surface area contributed by atoms with Gasteiger partial charge >= 0.3 is 0 Å². The minimum atomic E-state index is -0.691. The van der Waals surface area contributed by atoms with Crippen LogP contribution in [-0.2, 0) is 4.79 Å². The van der Waals surface area contributed by atoms with Crippen LogP contribution in [0.2, 0.25) is 0 Å². The van der Waals surface area contributed by atoms with Crippen LogP contribution in [0.3, 0.4) is 0 Å². The van der Waals surface area contributed by atoms with E-state index in [-0.39, 0.29) is 5.91 Å². The minimum absolute atomic E-state index is 0.213. The lowest BCUT2D eigenvalue weighted by molar-refractivity contribution is -0.116. The molecular formula is C19H22ClN3O. The molecule has 2 aromatic rings. The molecule has 126 valence electrons. The molecule has 1 saturated heterocycles. The summed E-state index contributed by atoms with van der Waals surface area (Å²) >= 11 is 6.25. The number of nitrogens with zero attached hydrogens (tertiary/aromatic N) is 2. The highest BCUT2D eigenvalue weighted by molar-refractivity contribution is 6.32. The number of piperazine rings is 1. The molecule has 1 heterocycles. The molecule has 1 N–H and O–H groups in total. The quantitative estimate of drug-likeness (QED) is 0.865. The highest BCUT2D eigenvalue weighted by Crippen LogP contribution is 2.24. The molecule has 0 aliphatic carbocycles. The lowest BCUT2D eigenvalue weighted by Crippen LogP contribution is -2.44. The van der Waals surface area contributed by atoms with Crippen molar-refractivity contribution < 1.29 is 4.79 Å². The zero-order chi connectivity index (χ0) is 16.9. The first-order valence-corrected chi connectivity index (χ1v) is 8.60. The van der Waals surface area contributed by atoms with E-state index in [1.807, 2.05) is 54.6 Å². The van der Waals surface area contributed by atoms with Crippen LogP contribution in [0.15, 0.2) is 54.6 Å². The van der Waals surface area contributed by atoms with Crippen LogP contribution in [0.4, 0.5) is 11.4 Å². The molecule has 0 spiro atoms. The summed E-state index contributed by atoms with van der Waals surface area (Å²) in [7, 11) is 2.14. The van der Waals surface area contributed by atoms with E-state index in [0.29, 0.717) is 0 Å². The summed E-state index contributed by atoms with van der Waals surface area (Å²) in [5, 5.41) is 2.19. The molecule has 1 amide bonds. The summed E-state index contributed by atoms with van der Waals surface area (Å²) in [6.45, 7) is 4.20. The zero-order valence-corrected chi connectivity index (χ0v) is 14.5. The van der Waals surface area contributed by atoms with Crippen molar-refractivity contribution in [2.24, 2.45) is 0 Å². The van der Waals surface area contributed by atoms with Crippen molar-refractivity contribution in [3.63, 3.8) is 0 Å². The molecule has 3 rings (SSSR count). The maximum atomic E-state index is 12.3. The summed E-state index contributed by atoms with van der Waals surface area (Å²) in [5.74, 6) is -0.213. The summed E-state index contributed by atoms with van der Waals surface area (Å²) < 4.78 is 0. The van der Waals surface area contributed by atoms with Crippen LogP contribution in [0.1, 0.15) is 10.9 Å². The van der Waals surface area contributed by atoms with Crippen molar-refractivity contribution in [3.05, 3.63) is 60.2 Å². The molecule has 0 saturated carbocycles. The topological polar surface area (TPSA) is 35.6 Å². The Morgan fingerprint density at radius 1 is 1.00 bits per heavy atom. The SMILES string of the molecule is CN1CCN(c2ccc(NC(=O)[C@H](Cl)c3ccccc3)cc2)CC1. The van der Waals surface area contributed by atoms with E-state index in [0.717, 1.165) is 37.4 Å². The number of rotatable bonds is 4. The van der Waals surface area contributed by atoms with Crippen LogP contribution < -0.4 is 10.2 Å². The second kappa shape index (κ2) is 7.69. The van der Waals surface area contributed by atoms with Gasteiger partial charge in [-0.15, -0.1) is 11.6 Å². The summed E-state index contributed by atoms with van der Waals surface area (Å²) in [4.78, 5) is 17.0. The first-order chi connectivity index (χ1) is 11.6. The predicted octanol–water partition coefficient (Wildman–Crippen LogP) is 3.36. The molecule has 4 nitrogen and oxygen atoms in total. The number of benzene rings is 2. The number of nitrogens with one attached hydrogen (secondary N) is 1. The van der Waals surface area contributed by atoms with E-state index in [1.165, 1.54) is 5.69 Å². The Balaban J connectivity index is 1.61. The number of carbonyl (C=O) groups is 1. The van der Waals surface area contributed by atoms with Crippen LogP contribution in [0.5, 0.6) is 0 Å². The molecule has 0 bridgehead atoms. The van der Waals surface area contributed by atoms with Gasteiger partial charge in [-0.05, 0) is 36.9 Å². The molecule has 1 aliphatic rings. The molecular weight excluding hydrogens is 322 g/mol. The van der Waals surface area contributed by atoms with E-state index in [1.54, 1.807) is 0 Å². The van der Waals surface area contributed by atoms with Gasteiger partial charge in [0.1, 0.15) is 5.38 Å². The molecule has 0 unspecified atom stereocenters. The monoisotopic (exact) mass is 343 g/mol. The number of likely N-dealkylation sites (N-methyl/N-ethyl adjacent to an activating group) is 1. The van der Waals surface area contributed by atoms with Crippen LogP contribution in [-0.4, -0.2) is 44.0 Å². The minimum Gasteiger partial charge on any atom is -0.369 e. The van der Waals surface area contributed by atoms with Gasteiger partial charge in [0, 0.05) is 37.6 Å². The molecule has 24 heavy (non-hydrogen) atoms. The maximum absolute atomic E-state index is 12.3. The maximum Gasteiger partial charge on any atom is 0.246 e. The summed E-state index contributed by atoms with van der Waals surface area (Å²) in [6, 6.07) is 17.3. The predicted molar refractivity (Wildman–Crippen MR) is 99.8 cm³/mol. The second-order valence-electron chi connectivity index (χ2n) is 6.10. The molecule has 0 aromatic heterocycles. The van der Waals surface area contributed by atoms with Gasteiger partial charge in [0.2, 0.25) is 5.91 Å². The van der Waals surface area contributed by atoms with Crippen molar-refractivity contribution in [2.75, 3.05) is 43.4 Å². The van der Waals surface area contributed by atoms with Crippen LogP contribution in [0, 0.1) is 0 Å². The Morgan fingerprint density at radius 2 is 1.62 bits per heavy atom. The molecule has 1 fully saturated rings. The molecule has 5 heteroatoms. The van der Waals surface area contributed by atoms with Gasteiger partial charge in [-0.2, -0.15) is 0 Å². The van der Waals surface area contributed by atoms with E-state index < -0.39 is 5.38 Å². The number of amides is 1. The number of hydrogen-bond donors (Lipinski definition) is 1. The van der Waals surface area contributed by atoms with Gasteiger partial charge in [-0.3, -0.25) is 4.79 Å². The fourth-order valence-corrected chi connectivity index (χ4v) is 3.00. The van der Waals surface area contributed by atoms with Gasteiger partial charge in [0.15, 0.2) is 0 Å². The van der Waals surface area contributed by atoms with Crippen molar-refractivity contribution >= 4 is 28.9 Å². The van der Waals surface area contributed by atoms with Crippen molar-refractivity contribution in [1.82, 2.24) is 4.90 Å². The first-order valence-electron chi connectivity index (χ1n) is 8.17. The van der Waals surface area contributed by atoms with Gasteiger partial charge in [-0.25, -0.2) is 0 Å². The standard InChI is InChI=1S/C19H22ClN3O/c1-22-11-13-23(14-12-22)17-9-7-16(8-10-17)21-19(24)18(20)15-5-3-2-4-6-15/h2-10,18H,11-14H2,1H3,(H,21,24)/t18-/m1/s1. The number of alkyl halides is 1. The van der Waals surface area contributed by atoms with Gasteiger partial charge in [0.05, 0.1) is 0 Å². The molecule has 2 aromatic carbocycles. The van der Waals surface area contributed by atoms with Crippen molar-refractivity contribution in [1.29, 1.82) is 0 Å². The molecule has 0 radical (unpaired) electrons. The van der Waals surface area contributed by atoms with Crippen molar-refractivity contribution in [2.45, 2.75) is 5.38 Å². The lowest BCUT2D eigenvalue weighted by atomic mass is 10.1. The normalized spacial score (nSPS) is 16.7. The highest BCUT2D eigenvalue weighted by Gasteiger charge is 2.18. The van der Waals surface area contributed by atoms with Crippen molar-refractivity contribution in [3.8, 4) is 0 Å². The Bertz CT molecular complexity index is 667. The molecule has 1 aliphatic heterocycles. The van der Waals surface area contributed by atoms with Crippen LogP contribution in [0.25, 0.3) is 0 Å². The summed E-state index contributed by atoms with van der Waals surface area (Å²) in [6.07, 6.45) is 0. The Morgan fingerprint density at radius 3 is 2.25 bits per heavy atom. The Hall–Kier alpha value is -2.04. The smallest absolute Gasteiger partial charge is 0.246 e. The van der Waals surface area contributed by atoms with E-state index in [4.69, 9.17) is 11.6 Å². The Labute approximate surface area is 148 Å². The van der Waals surface area contributed by atoms with Crippen LogP contribution >= 0.6 is 11.6 Å². The Kier molecular flexibility index (Phi) is 5.38. The highest BCUT2D eigenvalue weighted by atomic mass is 35.5. The molecule has 1 atom stereocenters. The van der Waals surface area contributed by atoms with Gasteiger partial charge < -0.3 is 15.1 Å². The lowest BCUT2D eigenvalue weighted by Gasteiger charge is -2.34. The number of carbonyl (C=O) groups excluding carboxylic acids is 1. The number of hydrogen-bond acceptors (Lipinski definition) is 3. The van der Waals surface area contributed by atoms with E-state index in [9.17, 15) is 4.79 Å². The fourth-order valence-electron chi connectivity index (χ4n) is 2.80. The number of halogens is 1. The largest absolute Gasteiger partial charge is 0.369 e. The average molecular weight is 344 g/mol. The third-order valence-electron chi connectivity index (χ3n) is 4.33. The fraction of sp³-hybridized carbons (Fsp3) is 0.316. The van der Waals surface area contributed by atoms with Gasteiger partial charge in [0.25, 0.3) is 0 Å². The first kappa shape index (κ1) is 16.8.